The van der Waals surface area contributed by atoms with Crippen LogP contribution in [0.3, 0.4) is 0 Å². The van der Waals surface area contributed by atoms with E-state index < -0.39 is 59.9 Å². The minimum atomic E-state index is -1.00. The van der Waals surface area contributed by atoms with Crippen LogP contribution in [-0.2, 0) is 35.2 Å². The second-order valence-corrected chi connectivity index (χ2v) is 17.4. The number of nitrogens with one attached hydrogen (secondary N) is 6. The highest BCUT2D eigenvalue weighted by atomic mass is 16.2. The van der Waals surface area contributed by atoms with Gasteiger partial charge in [0.05, 0.1) is 6.04 Å². The van der Waals surface area contributed by atoms with Gasteiger partial charge in [0.2, 0.25) is 35.4 Å². The van der Waals surface area contributed by atoms with Gasteiger partial charge in [-0.05, 0) is 60.6 Å². The van der Waals surface area contributed by atoms with E-state index in [9.17, 15) is 28.8 Å². The van der Waals surface area contributed by atoms with Gasteiger partial charge in [-0.15, -0.1) is 0 Å². The molecule has 0 aliphatic rings. The van der Waals surface area contributed by atoms with Gasteiger partial charge in [0, 0.05) is 37.7 Å². The first-order valence-electron chi connectivity index (χ1n) is 20.5. The molecule has 2 rings (SSSR count). The molecule has 1 aromatic heterocycles. The van der Waals surface area contributed by atoms with Crippen LogP contribution in [0.2, 0.25) is 0 Å². The number of aromatic nitrogens is 1. The summed E-state index contributed by atoms with van der Waals surface area (Å²) in [6.07, 6.45) is 2.54. The van der Waals surface area contributed by atoms with Crippen LogP contribution in [0.25, 0.3) is 10.9 Å². The van der Waals surface area contributed by atoms with Crippen molar-refractivity contribution in [2.45, 2.75) is 126 Å². The average molecular weight is 797 g/mol. The standard InChI is InChI=1S/C43H72N8O6/c1-23(2)32(44-13)39(53)49-35(26(7)8)42(56)51(15)37(28(11)12)43(57)50(14)36(27(9)10)41(55)48-34(25(5)6)40(54)47-33(24(3)4)38(52)45-21-20-29-22-46-31-19-17-16-18-30(29)31/h16-19,22-28,32-37,44,46H,20-21H2,1-15H3,(H,45,52)(H,47,54)(H,48,55)(H,49,53)/t32-,33-,34-,35-,36-,37-/m0/s1. The molecule has 0 bridgehead atoms. The van der Waals surface area contributed by atoms with Crippen molar-refractivity contribution in [2.24, 2.45) is 35.5 Å². The lowest BCUT2D eigenvalue weighted by molar-refractivity contribution is -0.152. The Balaban J connectivity index is 2.23. The van der Waals surface area contributed by atoms with Crippen LogP contribution < -0.4 is 26.6 Å². The van der Waals surface area contributed by atoms with E-state index >= 15 is 0 Å². The summed E-state index contributed by atoms with van der Waals surface area (Å²) in [6.45, 7) is 22.4. The van der Waals surface area contributed by atoms with Gasteiger partial charge in [0.25, 0.3) is 0 Å². The number of hydrogen-bond acceptors (Lipinski definition) is 7. The molecule has 0 radical (unpaired) electrons. The molecule has 0 aliphatic carbocycles. The second kappa shape index (κ2) is 21.9. The van der Waals surface area contributed by atoms with Crippen molar-refractivity contribution in [3.8, 4) is 0 Å². The van der Waals surface area contributed by atoms with E-state index in [2.05, 4.69) is 31.6 Å². The average Bonchev–Trinajstić information content (AvgIpc) is 3.53. The molecule has 14 heteroatoms. The molecule has 14 nitrogen and oxygen atoms in total. The van der Waals surface area contributed by atoms with Gasteiger partial charge < -0.3 is 41.4 Å². The van der Waals surface area contributed by atoms with E-state index in [0.717, 1.165) is 16.5 Å². The van der Waals surface area contributed by atoms with Crippen molar-refractivity contribution in [1.29, 1.82) is 0 Å². The fraction of sp³-hybridized carbons (Fsp3) is 0.674. The van der Waals surface area contributed by atoms with E-state index in [1.54, 1.807) is 27.9 Å². The maximum absolute atomic E-state index is 14.3. The van der Waals surface area contributed by atoms with Crippen molar-refractivity contribution in [3.63, 3.8) is 0 Å². The molecule has 6 amide bonds. The zero-order chi connectivity index (χ0) is 43.5. The lowest BCUT2D eigenvalue weighted by Gasteiger charge is -2.39. The lowest BCUT2D eigenvalue weighted by atomic mass is 9.94. The van der Waals surface area contributed by atoms with E-state index in [4.69, 9.17) is 0 Å². The molecular weight excluding hydrogens is 725 g/mol. The predicted molar refractivity (Wildman–Crippen MR) is 226 cm³/mol. The van der Waals surface area contributed by atoms with Crippen LogP contribution in [0, 0.1) is 35.5 Å². The van der Waals surface area contributed by atoms with Crippen LogP contribution in [0.5, 0.6) is 0 Å². The Morgan fingerprint density at radius 2 is 1.02 bits per heavy atom. The lowest BCUT2D eigenvalue weighted by Crippen LogP contribution is -2.63. The first-order chi connectivity index (χ1) is 26.6. The number of rotatable bonds is 21. The Hall–Kier alpha value is -4.46. The van der Waals surface area contributed by atoms with Crippen LogP contribution >= 0.6 is 0 Å². The minimum absolute atomic E-state index is 0.0158. The quantitative estimate of drug-likeness (QED) is 0.112. The predicted octanol–water partition coefficient (Wildman–Crippen LogP) is 3.46. The van der Waals surface area contributed by atoms with E-state index in [0.29, 0.717) is 13.0 Å². The summed E-state index contributed by atoms with van der Waals surface area (Å²) in [7, 11) is 4.77. The number of aromatic amines is 1. The van der Waals surface area contributed by atoms with Crippen molar-refractivity contribution < 1.29 is 28.8 Å². The van der Waals surface area contributed by atoms with Crippen LogP contribution in [0.4, 0.5) is 0 Å². The van der Waals surface area contributed by atoms with Crippen molar-refractivity contribution in [2.75, 3.05) is 27.7 Å². The second-order valence-electron chi connectivity index (χ2n) is 17.4. The number of nitrogens with zero attached hydrogens (tertiary/aromatic N) is 2. The van der Waals surface area contributed by atoms with Gasteiger partial charge in [0.15, 0.2) is 0 Å². The van der Waals surface area contributed by atoms with Gasteiger partial charge in [-0.1, -0.05) is 101 Å². The van der Waals surface area contributed by atoms with Crippen LogP contribution in [0.1, 0.15) is 88.6 Å². The third-order valence-corrected chi connectivity index (χ3v) is 10.7. The number of carbonyl (C=O) groups is 6. The molecule has 0 saturated heterocycles. The van der Waals surface area contributed by atoms with E-state index in [1.165, 1.54) is 16.8 Å². The number of fused-ring (bicyclic) bond motifs is 1. The number of para-hydroxylation sites is 1. The summed E-state index contributed by atoms with van der Waals surface area (Å²) in [5, 5.41) is 15.7. The van der Waals surface area contributed by atoms with E-state index in [1.807, 2.05) is 99.7 Å². The maximum Gasteiger partial charge on any atom is 0.246 e. The van der Waals surface area contributed by atoms with Crippen LogP contribution in [-0.4, -0.2) is 114 Å². The summed E-state index contributed by atoms with van der Waals surface area (Å²) in [5.41, 5.74) is 2.10. The summed E-state index contributed by atoms with van der Waals surface area (Å²) in [6, 6.07) is 2.76. The molecular formula is C43H72N8O6. The number of hydrogen-bond donors (Lipinski definition) is 6. The molecule has 0 aliphatic heterocycles. The largest absolute Gasteiger partial charge is 0.361 e. The van der Waals surface area contributed by atoms with Gasteiger partial charge in [-0.3, -0.25) is 28.8 Å². The monoisotopic (exact) mass is 797 g/mol. The Morgan fingerprint density at radius 3 is 1.53 bits per heavy atom. The Morgan fingerprint density at radius 1 is 0.561 bits per heavy atom. The molecule has 57 heavy (non-hydrogen) atoms. The number of likely N-dealkylation sites (N-methyl/N-ethyl adjacent to an activating group) is 3. The highest BCUT2D eigenvalue weighted by Gasteiger charge is 2.41. The van der Waals surface area contributed by atoms with Crippen LogP contribution in [0.15, 0.2) is 30.5 Å². The van der Waals surface area contributed by atoms with Crippen molar-refractivity contribution >= 4 is 46.3 Å². The smallest absolute Gasteiger partial charge is 0.246 e. The zero-order valence-corrected chi connectivity index (χ0v) is 37.1. The molecule has 0 spiro atoms. The number of carbonyl (C=O) groups excluding carboxylic acids is 6. The number of benzene rings is 1. The Labute approximate surface area is 340 Å². The van der Waals surface area contributed by atoms with Crippen molar-refractivity contribution in [3.05, 3.63) is 36.0 Å². The molecule has 320 valence electrons. The Kier molecular flexibility index (Phi) is 18.7. The highest BCUT2D eigenvalue weighted by Crippen LogP contribution is 2.21. The van der Waals surface area contributed by atoms with E-state index in [-0.39, 0.29) is 47.3 Å². The van der Waals surface area contributed by atoms with Gasteiger partial charge in [-0.25, -0.2) is 0 Å². The third-order valence-electron chi connectivity index (χ3n) is 10.7. The molecule has 1 heterocycles. The van der Waals surface area contributed by atoms with Gasteiger partial charge >= 0.3 is 0 Å². The zero-order valence-electron chi connectivity index (χ0n) is 37.1. The first-order valence-corrected chi connectivity index (χ1v) is 20.5. The fourth-order valence-corrected chi connectivity index (χ4v) is 7.37. The summed E-state index contributed by atoms with van der Waals surface area (Å²) in [5.74, 6) is -4.13. The summed E-state index contributed by atoms with van der Waals surface area (Å²) < 4.78 is 0. The number of amides is 6. The summed E-state index contributed by atoms with van der Waals surface area (Å²) >= 11 is 0. The SMILES string of the molecule is CN[C@H](C(=O)N[C@H](C(=O)N(C)[C@H](C(=O)N(C)[C@H](C(=O)N[C@H](C(=O)N[C@H](C(=O)NCCc1c[nH]c2ccccc12)C(C)C)C(C)C)C(C)C)C(C)C)C(C)C)C(C)C. The fourth-order valence-electron chi connectivity index (χ4n) is 7.37. The maximum atomic E-state index is 14.3. The normalized spacial score (nSPS) is 15.0. The Bertz CT molecular complexity index is 1670. The first kappa shape index (κ1) is 48.7. The summed E-state index contributed by atoms with van der Waals surface area (Å²) in [4.78, 5) is 88.8. The number of H-pyrrole nitrogens is 1. The third kappa shape index (κ3) is 12.8. The molecule has 6 atom stereocenters. The molecule has 0 saturated carbocycles. The molecule has 0 fully saturated rings. The topological polar surface area (TPSA) is 185 Å². The molecule has 0 unspecified atom stereocenters. The van der Waals surface area contributed by atoms with Gasteiger partial charge in [0.1, 0.15) is 30.2 Å². The highest BCUT2D eigenvalue weighted by molar-refractivity contribution is 5.97. The molecule has 6 N–H and O–H groups in total. The molecule has 2 aromatic rings. The van der Waals surface area contributed by atoms with Crippen molar-refractivity contribution in [1.82, 2.24) is 41.4 Å². The van der Waals surface area contributed by atoms with Gasteiger partial charge in [-0.2, -0.15) is 0 Å². The molecule has 1 aromatic carbocycles. The minimum Gasteiger partial charge on any atom is -0.361 e.